The molecule has 0 bridgehead atoms. The van der Waals surface area contributed by atoms with Gasteiger partial charge in [0.25, 0.3) is 5.92 Å². The number of likely N-dealkylation sites (N-methyl/N-ethyl adjacent to an activating group) is 6. The molecule has 7 rings (SSSR count). The molecule has 3 N–H and O–H groups in total. The Morgan fingerprint density at radius 1 is 0.677 bits per heavy atom. The largest absolute Gasteiger partial charge is 0.417 e. The molecule has 0 radical (unpaired) electrons. The monoisotopic (exact) mass is 1410 g/mol. The highest BCUT2D eigenvalue weighted by Gasteiger charge is 2.56. The van der Waals surface area contributed by atoms with Crippen molar-refractivity contribution in [2.45, 2.75) is 230 Å². The number of nitrogens with zero attached hydrogens (tertiary/aromatic N) is 8. The lowest BCUT2D eigenvalue weighted by atomic mass is 9.74. The molecular weight excluding hydrogens is 1310 g/mol. The fourth-order valence-corrected chi connectivity index (χ4v) is 14.6. The maximum Gasteiger partial charge on any atom is 0.417 e. The lowest BCUT2D eigenvalue weighted by molar-refractivity contribution is -0.160. The number of rotatable bonds is 11. The van der Waals surface area contributed by atoms with Crippen LogP contribution in [-0.2, 0) is 71.8 Å². The average molecular weight is 1420 g/mol. The fraction of sp³-hybridized carbons (Fsp3) is 0.676. The summed E-state index contributed by atoms with van der Waals surface area (Å²) in [6, 6.07) is -1.64. The first-order valence-electron chi connectivity index (χ1n) is 34.8. The predicted octanol–water partition coefficient (Wildman–Crippen LogP) is 6.79. The molecule has 2 aromatic carbocycles. The molecule has 10 atom stereocenters. The summed E-state index contributed by atoms with van der Waals surface area (Å²) >= 11 is 6.10. The molecule has 3 heterocycles. The van der Waals surface area contributed by atoms with Crippen LogP contribution in [-0.4, -0.2) is 231 Å². The molecule has 22 nitrogen and oxygen atoms in total. The summed E-state index contributed by atoms with van der Waals surface area (Å²) in [5.74, 6) is -13.0. The third-order valence-corrected chi connectivity index (χ3v) is 21.5. The van der Waals surface area contributed by atoms with Crippen molar-refractivity contribution >= 4 is 76.6 Å². The van der Waals surface area contributed by atoms with Crippen LogP contribution in [0, 0.1) is 24.7 Å². The second-order valence-corrected chi connectivity index (χ2v) is 29.1. The number of carbonyl (C=O) groups is 11. The fourth-order valence-electron chi connectivity index (χ4n) is 14.3. The van der Waals surface area contributed by atoms with Gasteiger partial charge in [0.1, 0.15) is 53.9 Å². The van der Waals surface area contributed by atoms with Gasteiger partial charge in [0.2, 0.25) is 65.0 Å². The Labute approximate surface area is 583 Å². The van der Waals surface area contributed by atoms with Gasteiger partial charge in [-0.05, 0) is 126 Å². The maximum absolute atomic E-state index is 16.0. The summed E-state index contributed by atoms with van der Waals surface area (Å²) in [5, 5.41) is 7.53. The van der Waals surface area contributed by atoms with Crippen molar-refractivity contribution < 1.29 is 74.7 Å². The maximum atomic E-state index is 16.0. The normalized spacial score (nSPS) is 27.4. The Hall–Kier alpha value is -7.45. The van der Waals surface area contributed by atoms with Gasteiger partial charge in [-0.15, -0.1) is 0 Å². The van der Waals surface area contributed by atoms with E-state index in [1.165, 1.54) is 71.6 Å². The number of fused-ring (bicyclic) bond motifs is 2. The van der Waals surface area contributed by atoms with E-state index in [-0.39, 0.29) is 75.4 Å². The van der Waals surface area contributed by atoms with Gasteiger partial charge in [-0.2, -0.15) is 13.2 Å². The molecule has 3 saturated heterocycles. The summed E-state index contributed by atoms with van der Waals surface area (Å²) in [6.45, 7) is 11.9. The van der Waals surface area contributed by atoms with Crippen LogP contribution in [0.3, 0.4) is 0 Å². The summed E-state index contributed by atoms with van der Waals surface area (Å²) in [6.07, 6.45) is -2.50. The molecule has 0 unspecified atom stereocenters. The molecule has 0 aromatic heterocycles. The van der Waals surface area contributed by atoms with Gasteiger partial charge in [0.15, 0.2) is 0 Å². The van der Waals surface area contributed by atoms with Gasteiger partial charge >= 0.3 is 6.18 Å². The minimum Gasteiger partial charge on any atom is -0.343 e. The Bertz CT molecular complexity index is 3310. The molecule has 99 heavy (non-hydrogen) atoms. The van der Waals surface area contributed by atoms with E-state index in [2.05, 4.69) is 16.0 Å². The third kappa shape index (κ3) is 18.4. The van der Waals surface area contributed by atoms with Gasteiger partial charge in [-0.1, -0.05) is 101 Å². The standard InChI is InChI=1S/C71H101ClF5N11O11/c1-14-43(6)58-66(97)83(11)45(8)62(93)87-33-30-52(87)65(96)86(15-2)54(37-47-24-22-42(5)23-25-47)64(95)81(9)39-56(89)78-51(29-27-46-26-28-49(50(72)36-46)71(75,76)77)63(94)88-40-70(73,74)38-55(88)61(92)80-69(31-19-32-69)68(99)85(13)59(48-20-17-16-18-21-48)67(98)82(10)44(7)35-57(90)84(12)53(34-41(3)4)60(91)79-58/h22-26,28,36,41,43-45,48,51-55,58-59H,14-21,27,29-35,37-40H2,1-13H3,(H,78,89)(H,79,91)(H,80,92)/t43-,44+,45-,51-,52-,53-,54-,55-,58-,59-/m0/s1. The van der Waals surface area contributed by atoms with Crippen molar-refractivity contribution in [3.05, 3.63) is 69.7 Å². The summed E-state index contributed by atoms with van der Waals surface area (Å²) in [7, 11) is 7.11. The smallest absolute Gasteiger partial charge is 0.343 e. The molecule has 3 aliphatic heterocycles. The highest BCUT2D eigenvalue weighted by molar-refractivity contribution is 6.31. The summed E-state index contributed by atoms with van der Waals surface area (Å²) in [4.78, 5) is 173. The molecule has 2 saturated carbocycles. The topological polar surface area (TPSA) is 250 Å². The molecule has 1 spiro atoms. The molecule has 2 aliphatic carbocycles. The van der Waals surface area contributed by atoms with E-state index in [1.54, 1.807) is 45.0 Å². The van der Waals surface area contributed by atoms with Crippen LogP contribution >= 0.6 is 11.6 Å². The number of carbonyl (C=O) groups excluding carboxylic acids is 11. The van der Waals surface area contributed by atoms with Crippen LogP contribution in [0.2, 0.25) is 5.02 Å². The van der Waals surface area contributed by atoms with Crippen molar-refractivity contribution in [3.8, 4) is 0 Å². The number of amides is 11. The number of hydrogen-bond donors (Lipinski definition) is 3. The SMILES string of the molecule is CC[C@H](C)[C@@H]1NC(=O)[C@H](CC(C)C)N(C)C(=O)C[C@@H](C)N(C)C(=O)[C@H](C2CCCCC2)N(C)C(=O)C2(CCC2)NC(=O)[C@@H]2CC(F)(F)CN2C(=O)[C@H](CCc2ccc(C(F)(F)F)c(Cl)c2)NC(=O)CN(C)C(=O)[C@H](Cc2ccc(C)cc2)N(CC)C(=O)[C@@H]2CCN2C(=O)[C@H](C)N(C)C1=O. The summed E-state index contributed by atoms with van der Waals surface area (Å²) in [5.41, 5.74) is -1.24. The molecule has 2 aromatic rings. The van der Waals surface area contributed by atoms with E-state index in [0.717, 1.165) is 47.9 Å². The zero-order valence-corrected chi connectivity index (χ0v) is 60.2. The Morgan fingerprint density at radius 3 is 1.87 bits per heavy atom. The predicted molar refractivity (Wildman–Crippen MR) is 360 cm³/mol. The molecule has 28 heteroatoms. The Balaban J connectivity index is 1.29. The first kappa shape index (κ1) is 78.9. The number of halogens is 6. The van der Waals surface area contributed by atoms with Crippen LogP contribution in [0.1, 0.15) is 161 Å². The van der Waals surface area contributed by atoms with E-state index in [0.29, 0.717) is 36.1 Å². The van der Waals surface area contributed by atoms with Crippen molar-refractivity contribution in [3.63, 3.8) is 0 Å². The average Bonchev–Trinajstić information content (AvgIpc) is 1.75. The molecule has 5 fully saturated rings. The first-order valence-corrected chi connectivity index (χ1v) is 35.2. The highest BCUT2D eigenvalue weighted by atomic mass is 35.5. The van der Waals surface area contributed by atoms with Gasteiger partial charge < -0.3 is 55.1 Å². The van der Waals surface area contributed by atoms with Crippen LogP contribution in [0.4, 0.5) is 22.0 Å². The number of aryl methyl sites for hydroxylation is 2. The molecule has 5 aliphatic rings. The van der Waals surface area contributed by atoms with Crippen LogP contribution in [0.25, 0.3) is 0 Å². The van der Waals surface area contributed by atoms with E-state index < -0.39 is 179 Å². The number of nitrogens with one attached hydrogen (secondary N) is 3. The van der Waals surface area contributed by atoms with Crippen LogP contribution in [0.15, 0.2) is 42.5 Å². The van der Waals surface area contributed by atoms with E-state index >= 15 is 32.8 Å². The second-order valence-electron chi connectivity index (χ2n) is 28.7. The molecule has 548 valence electrons. The van der Waals surface area contributed by atoms with Gasteiger partial charge in [-0.25, -0.2) is 8.78 Å². The number of alkyl halides is 5. The number of benzene rings is 2. The van der Waals surface area contributed by atoms with Gasteiger partial charge in [-0.3, -0.25) is 52.7 Å². The zero-order chi connectivity index (χ0) is 73.5. The number of hydrogen-bond acceptors (Lipinski definition) is 11. The molecule has 11 amide bonds. The lowest BCUT2D eigenvalue weighted by Crippen LogP contribution is -2.68. The lowest BCUT2D eigenvalue weighted by Gasteiger charge is -2.47. The van der Waals surface area contributed by atoms with Crippen molar-refractivity contribution in [2.75, 3.05) is 61.4 Å². The van der Waals surface area contributed by atoms with Crippen LogP contribution < -0.4 is 16.0 Å². The first-order chi connectivity index (χ1) is 46.4. The van der Waals surface area contributed by atoms with Crippen molar-refractivity contribution in [2.24, 2.45) is 17.8 Å². The Kier molecular flexibility index (Phi) is 26.2. The quantitative estimate of drug-likeness (QED) is 0.198. The second kappa shape index (κ2) is 32.9. The minimum atomic E-state index is -4.83. The van der Waals surface area contributed by atoms with Crippen LogP contribution in [0.5, 0.6) is 0 Å². The van der Waals surface area contributed by atoms with E-state index in [1.807, 2.05) is 27.7 Å². The third-order valence-electron chi connectivity index (χ3n) is 21.2. The van der Waals surface area contributed by atoms with Crippen molar-refractivity contribution in [1.29, 1.82) is 0 Å². The molecular formula is C71H101ClF5N11O11. The van der Waals surface area contributed by atoms with E-state index in [4.69, 9.17) is 11.6 Å². The Morgan fingerprint density at radius 2 is 1.31 bits per heavy atom. The highest BCUT2D eigenvalue weighted by Crippen LogP contribution is 2.40. The van der Waals surface area contributed by atoms with Gasteiger partial charge in [0.05, 0.1) is 23.7 Å². The van der Waals surface area contributed by atoms with E-state index in [9.17, 15) is 41.9 Å². The van der Waals surface area contributed by atoms with Gasteiger partial charge in [0, 0.05) is 73.6 Å². The minimum absolute atomic E-state index is 0.0280. The zero-order valence-electron chi connectivity index (χ0n) is 59.4. The van der Waals surface area contributed by atoms with Crippen molar-refractivity contribution in [1.82, 2.24) is 55.1 Å². The summed E-state index contributed by atoms with van der Waals surface area (Å²) < 4.78 is 73.7.